The van der Waals surface area contributed by atoms with Crippen LogP contribution in [0.3, 0.4) is 0 Å². The van der Waals surface area contributed by atoms with Gasteiger partial charge in [-0.3, -0.25) is 19.7 Å². The molecule has 0 spiro atoms. The summed E-state index contributed by atoms with van der Waals surface area (Å²) in [5, 5.41) is 11.1. The minimum atomic E-state index is -0.491. The van der Waals surface area contributed by atoms with Crippen LogP contribution in [-0.2, 0) is 9.53 Å². The maximum atomic E-state index is 12.9. The Morgan fingerprint density at radius 3 is 2.62 bits per heavy atom. The van der Waals surface area contributed by atoms with Gasteiger partial charge in [-0.25, -0.2) is 0 Å². The highest BCUT2D eigenvalue weighted by Crippen LogP contribution is 2.31. The molecule has 1 fully saturated rings. The van der Waals surface area contributed by atoms with Crippen molar-refractivity contribution >= 4 is 17.6 Å². The summed E-state index contributed by atoms with van der Waals surface area (Å²) in [7, 11) is 0. The fraction of sp³-hybridized carbons (Fsp3) is 0.529. The van der Waals surface area contributed by atoms with Crippen LogP contribution in [0.5, 0.6) is 0 Å². The molecular weight excluding hydrogens is 312 g/mol. The largest absolute Gasteiger partial charge is 0.466 e. The molecular formula is C17H22N2O5. The van der Waals surface area contributed by atoms with Gasteiger partial charge in [-0.15, -0.1) is 0 Å². The number of nitrogens with zero attached hydrogens (tertiary/aromatic N) is 2. The van der Waals surface area contributed by atoms with Gasteiger partial charge in [0.1, 0.15) is 0 Å². The molecule has 130 valence electrons. The molecule has 1 unspecified atom stereocenters. The third kappa shape index (κ3) is 3.90. The molecule has 0 aromatic heterocycles. The first-order valence-electron chi connectivity index (χ1n) is 8.08. The summed E-state index contributed by atoms with van der Waals surface area (Å²) in [4.78, 5) is 37.0. The van der Waals surface area contributed by atoms with Gasteiger partial charge < -0.3 is 9.64 Å². The van der Waals surface area contributed by atoms with Crippen molar-refractivity contribution in [2.75, 3.05) is 13.2 Å². The average Bonchev–Trinajstić information content (AvgIpc) is 3.36. The van der Waals surface area contributed by atoms with Crippen LogP contribution >= 0.6 is 0 Å². The Morgan fingerprint density at radius 2 is 2.08 bits per heavy atom. The van der Waals surface area contributed by atoms with Crippen LogP contribution in [0, 0.1) is 23.0 Å². The Balaban J connectivity index is 2.23. The van der Waals surface area contributed by atoms with Gasteiger partial charge in [0.2, 0.25) is 0 Å². The molecule has 0 radical (unpaired) electrons. The van der Waals surface area contributed by atoms with E-state index in [0.29, 0.717) is 17.7 Å². The first kappa shape index (κ1) is 17.9. The molecule has 1 aliphatic carbocycles. The molecule has 1 aliphatic rings. The van der Waals surface area contributed by atoms with Gasteiger partial charge in [0.25, 0.3) is 11.6 Å². The number of nitro benzene ring substituents is 1. The number of nitro groups is 1. The van der Waals surface area contributed by atoms with E-state index in [1.165, 1.54) is 12.1 Å². The van der Waals surface area contributed by atoms with Crippen molar-refractivity contribution in [1.29, 1.82) is 0 Å². The summed E-state index contributed by atoms with van der Waals surface area (Å²) in [5.74, 6) is -1.05. The van der Waals surface area contributed by atoms with Gasteiger partial charge in [0, 0.05) is 29.8 Å². The zero-order valence-electron chi connectivity index (χ0n) is 14.2. The molecule has 1 saturated carbocycles. The number of carbonyl (C=O) groups excluding carboxylic acids is 2. The lowest BCUT2D eigenvalue weighted by Gasteiger charge is -2.25. The fourth-order valence-corrected chi connectivity index (χ4v) is 2.65. The molecule has 24 heavy (non-hydrogen) atoms. The lowest BCUT2D eigenvalue weighted by Crippen LogP contribution is -2.39. The minimum Gasteiger partial charge on any atom is -0.466 e. The van der Waals surface area contributed by atoms with Crippen molar-refractivity contribution in [2.24, 2.45) is 5.92 Å². The molecule has 0 heterocycles. The molecule has 0 N–H and O–H groups in total. The van der Waals surface area contributed by atoms with Crippen LogP contribution in [0.2, 0.25) is 0 Å². The monoisotopic (exact) mass is 334 g/mol. The van der Waals surface area contributed by atoms with Gasteiger partial charge in [-0.2, -0.15) is 0 Å². The van der Waals surface area contributed by atoms with Crippen LogP contribution in [-0.4, -0.2) is 40.9 Å². The van der Waals surface area contributed by atoms with Crippen molar-refractivity contribution in [3.63, 3.8) is 0 Å². The van der Waals surface area contributed by atoms with E-state index >= 15 is 0 Å². The highest BCUT2D eigenvalue weighted by atomic mass is 16.6. The molecule has 7 nitrogen and oxygen atoms in total. The van der Waals surface area contributed by atoms with Crippen molar-refractivity contribution in [2.45, 2.75) is 39.7 Å². The van der Waals surface area contributed by atoms with Crippen LogP contribution in [0.1, 0.15) is 42.6 Å². The number of ether oxygens (including phenoxy) is 1. The molecule has 1 atom stereocenters. The Kier molecular flexibility index (Phi) is 5.54. The van der Waals surface area contributed by atoms with E-state index in [1.54, 1.807) is 31.7 Å². The maximum Gasteiger partial charge on any atom is 0.310 e. The summed E-state index contributed by atoms with van der Waals surface area (Å²) >= 11 is 0. The van der Waals surface area contributed by atoms with E-state index in [9.17, 15) is 19.7 Å². The number of amides is 1. The third-order valence-electron chi connectivity index (χ3n) is 4.14. The normalized spacial score (nSPS) is 14.8. The highest BCUT2D eigenvalue weighted by Gasteiger charge is 2.36. The van der Waals surface area contributed by atoms with Gasteiger partial charge >= 0.3 is 5.97 Å². The van der Waals surface area contributed by atoms with Crippen molar-refractivity contribution in [3.05, 3.63) is 39.4 Å². The molecule has 0 saturated heterocycles. The SMILES string of the molecule is CCOC(=O)C(C)CN(C(=O)c1cccc([N+](=O)[O-])c1C)C1CC1. The van der Waals surface area contributed by atoms with Crippen molar-refractivity contribution < 1.29 is 19.2 Å². The molecule has 7 heteroatoms. The number of benzene rings is 1. The number of hydrogen-bond acceptors (Lipinski definition) is 5. The second kappa shape index (κ2) is 7.42. The summed E-state index contributed by atoms with van der Waals surface area (Å²) < 4.78 is 5.00. The summed E-state index contributed by atoms with van der Waals surface area (Å²) in [5.41, 5.74) is 0.587. The molecule has 1 aromatic rings. The van der Waals surface area contributed by atoms with E-state index in [1.807, 2.05) is 0 Å². The molecule has 1 aromatic carbocycles. The van der Waals surface area contributed by atoms with Gasteiger partial charge in [0.05, 0.1) is 17.4 Å². The standard InChI is InChI=1S/C17H22N2O5/c1-4-24-17(21)11(2)10-18(13-8-9-13)16(20)14-6-5-7-15(12(14)3)19(22)23/h5-7,11,13H,4,8-10H2,1-3H3. The van der Waals surface area contributed by atoms with E-state index in [2.05, 4.69) is 0 Å². The second-order valence-electron chi connectivity index (χ2n) is 6.05. The molecule has 1 amide bonds. The predicted molar refractivity (Wildman–Crippen MR) is 87.7 cm³/mol. The predicted octanol–water partition coefficient (Wildman–Crippen LogP) is 2.71. The molecule has 0 aliphatic heterocycles. The number of hydrogen-bond donors (Lipinski definition) is 0. The summed E-state index contributed by atoms with van der Waals surface area (Å²) in [6.07, 6.45) is 1.77. The summed E-state index contributed by atoms with van der Waals surface area (Å²) in [6.45, 7) is 5.59. The minimum absolute atomic E-state index is 0.0740. The van der Waals surface area contributed by atoms with Crippen LogP contribution < -0.4 is 0 Å². The van der Waals surface area contributed by atoms with Crippen molar-refractivity contribution in [1.82, 2.24) is 4.90 Å². The first-order chi connectivity index (χ1) is 11.4. The smallest absolute Gasteiger partial charge is 0.310 e. The first-order valence-corrected chi connectivity index (χ1v) is 8.08. The number of rotatable bonds is 7. The van der Waals surface area contributed by atoms with Gasteiger partial charge in [-0.05, 0) is 32.8 Å². The third-order valence-corrected chi connectivity index (χ3v) is 4.14. The van der Waals surface area contributed by atoms with Crippen molar-refractivity contribution in [3.8, 4) is 0 Å². The van der Waals surface area contributed by atoms with E-state index in [-0.39, 0.29) is 30.2 Å². The quantitative estimate of drug-likeness (QED) is 0.434. The topological polar surface area (TPSA) is 89.8 Å². The van der Waals surface area contributed by atoms with Crippen LogP contribution in [0.4, 0.5) is 5.69 Å². The molecule has 2 rings (SSSR count). The Morgan fingerprint density at radius 1 is 1.42 bits per heavy atom. The Hall–Kier alpha value is -2.44. The summed E-state index contributed by atoms with van der Waals surface area (Å²) in [6, 6.07) is 4.58. The van der Waals surface area contributed by atoms with E-state index in [0.717, 1.165) is 12.8 Å². The number of carbonyl (C=O) groups is 2. The zero-order valence-corrected chi connectivity index (χ0v) is 14.2. The fourth-order valence-electron chi connectivity index (χ4n) is 2.65. The average molecular weight is 334 g/mol. The van der Waals surface area contributed by atoms with Crippen LogP contribution in [0.15, 0.2) is 18.2 Å². The molecule has 0 bridgehead atoms. The lowest BCUT2D eigenvalue weighted by molar-refractivity contribution is -0.385. The van der Waals surface area contributed by atoms with Gasteiger partial charge in [-0.1, -0.05) is 13.0 Å². The van der Waals surface area contributed by atoms with E-state index in [4.69, 9.17) is 4.74 Å². The Bertz CT molecular complexity index is 654. The van der Waals surface area contributed by atoms with E-state index < -0.39 is 10.8 Å². The maximum absolute atomic E-state index is 12.9. The van der Waals surface area contributed by atoms with Crippen LogP contribution in [0.25, 0.3) is 0 Å². The number of esters is 1. The Labute approximate surface area is 140 Å². The highest BCUT2D eigenvalue weighted by molar-refractivity contribution is 5.97. The lowest BCUT2D eigenvalue weighted by atomic mass is 10.0. The second-order valence-corrected chi connectivity index (χ2v) is 6.05. The zero-order chi connectivity index (χ0) is 17.9. The van der Waals surface area contributed by atoms with Gasteiger partial charge in [0.15, 0.2) is 0 Å².